The van der Waals surface area contributed by atoms with Gasteiger partial charge >= 0.3 is 0 Å². The van der Waals surface area contributed by atoms with Crippen LogP contribution >= 0.6 is 11.3 Å². The first kappa shape index (κ1) is 16.3. The fourth-order valence-corrected chi connectivity index (χ4v) is 4.12. The van der Waals surface area contributed by atoms with Crippen molar-refractivity contribution < 1.29 is 4.79 Å². The summed E-state index contributed by atoms with van der Waals surface area (Å²) in [6, 6.07) is 8.96. The first-order chi connectivity index (χ1) is 12.2. The van der Waals surface area contributed by atoms with E-state index in [0.717, 1.165) is 42.0 Å². The van der Waals surface area contributed by atoms with Gasteiger partial charge in [0.15, 0.2) is 4.96 Å². The van der Waals surface area contributed by atoms with Crippen LogP contribution in [-0.2, 0) is 11.2 Å². The van der Waals surface area contributed by atoms with Crippen molar-refractivity contribution in [3.63, 3.8) is 0 Å². The average Bonchev–Trinajstić information content (AvgIpc) is 3.25. The van der Waals surface area contributed by atoms with E-state index < -0.39 is 0 Å². The molecule has 5 heteroatoms. The van der Waals surface area contributed by atoms with Crippen molar-refractivity contribution in [2.24, 2.45) is 0 Å². The van der Waals surface area contributed by atoms with E-state index in [1.54, 1.807) is 11.3 Å². The van der Waals surface area contributed by atoms with Gasteiger partial charge in [0.25, 0.3) is 0 Å². The van der Waals surface area contributed by atoms with Crippen molar-refractivity contribution in [2.75, 3.05) is 6.54 Å². The zero-order valence-corrected chi connectivity index (χ0v) is 15.6. The molecule has 1 aliphatic rings. The second kappa shape index (κ2) is 6.64. The lowest BCUT2D eigenvalue weighted by atomic mass is 10.1. The number of hydrogen-bond donors (Lipinski definition) is 0. The summed E-state index contributed by atoms with van der Waals surface area (Å²) < 4.78 is 2.18. The normalized spacial score (nSPS) is 14.2. The molecule has 25 heavy (non-hydrogen) atoms. The van der Waals surface area contributed by atoms with E-state index in [4.69, 9.17) is 4.98 Å². The SMILES string of the molecule is CCC(=O)N(CCc1csc2nc(-c3ccc(C)cc3)cn12)C1CC1. The fourth-order valence-electron chi connectivity index (χ4n) is 3.21. The second-order valence-electron chi connectivity index (χ2n) is 6.79. The van der Waals surface area contributed by atoms with E-state index in [0.29, 0.717) is 12.5 Å². The molecule has 0 aliphatic heterocycles. The molecule has 0 spiro atoms. The molecule has 0 N–H and O–H groups in total. The van der Waals surface area contributed by atoms with Crippen LogP contribution < -0.4 is 0 Å². The molecule has 4 rings (SSSR count). The van der Waals surface area contributed by atoms with Crippen molar-refractivity contribution in [2.45, 2.75) is 45.6 Å². The molecule has 1 aromatic carbocycles. The van der Waals surface area contributed by atoms with Crippen LogP contribution in [0.25, 0.3) is 16.2 Å². The molecule has 1 fully saturated rings. The zero-order valence-electron chi connectivity index (χ0n) is 14.7. The Balaban J connectivity index is 1.54. The molecule has 0 atom stereocenters. The van der Waals surface area contributed by atoms with Gasteiger partial charge in [0.05, 0.1) is 5.69 Å². The Morgan fingerprint density at radius 1 is 1.32 bits per heavy atom. The van der Waals surface area contributed by atoms with Crippen LogP contribution in [0.1, 0.15) is 37.4 Å². The van der Waals surface area contributed by atoms with Gasteiger partial charge in [-0.3, -0.25) is 9.20 Å². The number of carbonyl (C=O) groups excluding carboxylic acids is 1. The number of benzene rings is 1. The van der Waals surface area contributed by atoms with E-state index in [9.17, 15) is 4.79 Å². The molecule has 1 amide bonds. The van der Waals surface area contributed by atoms with Crippen molar-refractivity contribution in [1.29, 1.82) is 0 Å². The van der Waals surface area contributed by atoms with Crippen LogP contribution in [0.3, 0.4) is 0 Å². The third kappa shape index (κ3) is 3.33. The number of imidazole rings is 1. The van der Waals surface area contributed by atoms with Gasteiger partial charge < -0.3 is 4.90 Å². The smallest absolute Gasteiger partial charge is 0.222 e. The zero-order chi connectivity index (χ0) is 17.4. The summed E-state index contributed by atoms with van der Waals surface area (Å²) in [5, 5.41) is 2.17. The van der Waals surface area contributed by atoms with E-state index in [1.165, 1.54) is 11.3 Å². The van der Waals surface area contributed by atoms with Crippen molar-refractivity contribution >= 4 is 22.2 Å². The van der Waals surface area contributed by atoms with E-state index in [-0.39, 0.29) is 5.91 Å². The minimum atomic E-state index is 0.278. The van der Waals surface area contributed by atoms with Gasteiger partial charge in [-0.25, -0.2) is 4.98 Å². The standard InChI is InChI=1S/C20H23N3OS/c1-3-19(24)22(16-8-9-16)11-10-17-13-25-20-21-18(12-23(17)20)15-6-4-14(2)5-7-15/h4-7,12-13,16H,3,8-11H2,1-2H3. The Hall–Kier alpha value is -2.14. The highest BCUT2D eigenvalue weighted by atomic mass is 32.1. The molecular weight excluding hydrogens is 330 g/mol. The molecular formula is C20H23N3OS. The molecule has 2 heterocycles. The Morgan fingerprint density at radius 2 is 2.08 bits per heavy atom. The third-order valence-corrected chi connectivity index (χ3v) is 5.74. The largest absolute Gasteiger partial charge is 0.339 e. The Morgan fingerprint density at radius 3 is 2.76 bits per heavy atom. The molecule has 0 unspecified atom stereocenters. The Bertz CT molecular complexity index is 889. The highest BCUT2D eigenvalue weighted by Gasteiger charge is 2.31. The number of nitrogens with zero attached hydrogens (tertiary/aromatic N) is 3. The van der Waals surface area contributed by atoms with Crippen LogP contribution in [0.2, 0.25) is 0 Å². The maximum absolute atomic E-state index is 12.1. The molecule has 0 radical (unpaired) electrons. The number of rotatable bonds is 6. The van der Waals surface area contributed by atoms with E-state index >= 15 is 0 Å². The van der Waals surface area contributed by atoms with Crippen LogP contribution in [0.15, 0.2) is 35.8 Å². The van der Waals surface area contributed by atoms with Gasteiger partial charge in [0.1, 0.15) is 0 Å². The lowest BCUT2D eigenvalue weighted by molar-refractivity contribution is -0.131. The predicted octanol–water partition coefficient (Wildman–Crippen LogP) is 4.31. The number of carbonyl (C=O) groups is 1. The van der Waals surface area contributed by atoms with Crippen molar-refractivity contribution in [3.8, 4) is 11.3 Å². The quantitative estimate of drug-likeness (QED) is 0.662. The highest BCUT2D eigenvalue weighted by Crippen LogP contribution is 2.28. The number of hydrogen-bond acceptors (Lipinski definition) is 3. The molecule has 0 saturated heterocycles. The summed E-state index contributed by atoms with van der Waals surface area (Å²) >= 11 is 1.67. The van der Waals surface area contributed by atoms with Gasteiger partial charge in [-0.15, -0.1) is 11.3 Å². The number of aromatic nitrogens is 2. The molecule has 0 bridgehead atoms. The van der Waals surface area contributed by atoms with Crippen LogP contribution in [0.4, 0.5) is 0 Å². The summed E-state index contributed by atoms with van der Waals surface area (Å²) in [4.78, 5) is 20.0. The highest BCUT2D eigenvalue weighted by molar-refractivity contribution is 7.15. The minimum absolute atomic E-state index is 0.278. The van der Waals surface area contributed by atoms with Gasteiger partial charge in [0, 0.05) is 48.3 Å². The summed E-state index contributed by atoms with van der Waals surface area (Å²) in [6.07, 6.45) is 5.92. The van der Waals surface area contributed by atoms with Crippen molar-refractivity contribution in [3.05, 3.63) is 47.1 Å². The summed E-state index contributed by atoms with van der Waals surface area (Å²) in [5.74, 6) is 0.278. The van der Waals surface area contributed by atoms with Crippen molar-refractivity contribution in [1.82, 2.24) is 14.3 Å². The minimum Gasteiger partial charge on any atom is -0.339 e. The average molecular weight is 353 g/mol. The van der Waals surface area contributed by atoms with Crippen LogP contribution in [-0.4, -0.2) is 32.8 Å². The number of amides is 1. The number of fused-ring (bicyclic) bond motifs is 1. The first-order valence-electron chi connectivity index (χ1n) is 8.97. The maximum atomic E-state index is 12.1. The van der Waals surface area contributed by atoms with E-state index in [2.05, 4.69) is 52.1 Å². The van der Waals surface area contributed by atoms with Gasteiger partial charge in [-0.2, -0.15) is 0 Å². The molecule has 3 aromatic rings. The predicted molar refractivity (Wildman–Crippen MR) is 102 cm³/mol. The summed E-state index contributed by atoms with van der Waals surface area (Å²) in [7, 11) is 0. The molecule has 4 nitrogen and oxygen atoms in total. The second-order valence-corrected chi connectivity index (χ2v) is 7.63. The van der Waals surface area contributed by atoms with Gasteiger partial charge in [-0.05, 0) is 19.8 Å². The monoisotopic (exact) mass is 353 g/mol. The lowest BCUT2D eigenvalue weighted by Gasteiger charge is -2.21. The summed E-state index contributed by atoms with van der Waals surface area (Å²) in [5.41, 5.74) is 4.65. The fraction of sp³-hybridized carbons (Fsp3) is 0.400. The van der Waals surface area contributed by atoms with Crippen LogP contribution in [0, 0.1) is 6.92 Å². The molecule has 1 aliphatic carbocycles. The van der Waals surface area contributed by atoms with Crippen LogP contribution in [0.5, 0.6) is 0 Å². The lowest BCUT2D eigenvalue weighted by Crippen LogP contribution is -2.34. The molecule has 1 saturated carbocycles. The van der Waals surface area contributed by atoms with E-state index in [1.807, 2.05) is 6.92 Å². The first-order valence-corrected chi connectivity index (χ1v) is 9.85. The van der Waals surface area contributed by atoms with Gasteiger partial charge in [0.2, 0.25) is 5.91 Å². The molecule has 2 aromatic heterocycles. The maximum Gasteiger partial charge on any atom is 0.222 e. The number of aryl methyl sites for hydroxylation is 1. The Labute approximate surface area is 152 Å². The number of thiazole rings is 1. The summed E-state index contributed by atoms with van der Waals surface area (Å²) in [6.45, 7) is 4.85. The molecule has 130 valence electrons. The topological polar surface area (TPSA) is 37.6 Å². The third-order valence-electron chi connectivity index (χ3n) is 4.85. The Kier molecular flexibility index (Phi) is 4.34. The van der Waals surface area contributed by atoms with Gasteiger partial charge in [-0.1, -0.05) is 36.8 Å².